The summed E-state index contributed by atoms with van der Waals surface area (Å²) in [6, 6.07) is 10.6. The molecular weight excluding hydrogens is 320 g/mol. The Morgan fingerprint density at radius 2 is 1.72 bits per heavy atom. The van der Waals surface area contributed by atoms with Gasteiger partial charge in [-0.3, -0.25) is 0 Å². The Labute approximate surface area is 147 Å². The smallest absolute Gasteiger partial charge is 0.336 e. The van der Waals surface area contributed by atoms with E-state index >= 15 is 0 Å². The molecule has 0 bridgehead atoms. The lowest BCUT2D eigenvalue weighted by Gasteiger charge is -2.11. The SMILES string of the molecule is CCOc1ccc(/C(=C/c2ccc(OC)c(OC)c2)C(=O)O)cc1C. The van der Waals surface area contributed by atoms with Gasteiger partial charge in [-0.15, -0.1) is 0 Å². The number of methoxy groups -OCH3 is 2. The summed E-state index contributed by atoms with van der Waals surface area (Å²) in [5, 5.41) is 9.62. The number of carboxylic acid groups (broad SMARTS) is 1. The van der Waals surface area contributed by atoms with Crippen LogP contribution >= 0.6 is 0 Å². The van der Waals surface area contributed by atoms with E-state index in [-0.39, 0.29) is 5.57 Å². The minimum absolute atomic E-state index is 0.193. The average molecular weight is 342 g/mol. The van der Waals surface area contributed by atoms with Crippen LogP contribution in [0.25, 0.3) is 11.6 Å². The molecule has 0 saturated heterocycles. The lowest BCUT2D eigenvalue weighted by molar-refractivity contribution is -0.130. The molecule has 2 rings (SSSR count). The highest BCUT2D eigenvalue weighted by atomic mass is 16.5. The van der Waals surface area contributed by atoms with Crippen LogP contribution < -0.4 is 14.2 Å². The molecule has 0 fully saturated rings. The normalized spacial score (nSPS) is 11.1. The van der Waals surface area contributed by atoms with Gasteiger partial charge in [0.05, 0.1) is 26.4 Å². The summed E-state index contributed by atoms with van der Waals surface area (Å²) in [6.45, 7) is 4.37. The van der Waals surface area contributed by atoms with Crippen LogP contribution in [0.2, 0.25) is 0 Å². The van der Waals surface area contributed by atoms with Gasteiger partial charge in [-0.2, -0.15) is 0 Å². The van der Waals surface area contributed by atoms with Crippen LogP contribution in [0, 0.1) is 6.92 Å². The first-order valence-electron chi connectivity index (χ1n) is 7.91. The molecule has 2 aromatic rings. The number of hydrogen-bond acceptors (Lipinski definition) is 4. The van der Waals surface area contributed by atoms with E-state index in [1.807, 2.05) is 19.9 Å². The third-order valence-electron chi connectivity index (χ3n) is 3.73. The van der Waals surface area contributed by atoms with Crippen LogP contribution in [0.4, 0.5) is 0 Å². The van der Waals surface area contributed by atoms with E-state index in [0.29, 0.717) is 29.2 Å². The second kappa shape index (κ2) is 8.24. The van der Waals surface area contributed by atoms with Gasteiger partial charge in [0.2, 0.25) is 0 Å². The zero-order valence-corrected chi connectivity index (χ0v) is 14.8. The first-order chi connectivity index (χ1) is 12.0. The van der Waals surface area contributed by atoms with Gasteiger partial charge in [0.1, 0.15) is 5.75 Å². The number of benzene rings is 2. The standard InChI is InChI=1S/C20H22O5/c1-5-25-17-9-7-15(10-13(17)2)16(20(21)22)11-14-6-8-18(23-3)19(12-14)24-4/h6-12H,5H2,1-4H3,(H,21,22)/b16-11-. The van der Waals surface area contributed by atoms with Gasteiger partial charge in [0, 0.05) is 0 Å². The van der Waals surface area contributed by atoms with Gasteiger partial charge in [0.15, 0.2) is 11.5 Å². The van der Waals surface area contributed by atoms with E-state index < -0.39 is 5.97 Å². The molecular formula is C20H22O5. The van der Waals surface area contributed by atoms with Gasteiger partial charge < -0.3 is 19.3 Å². The van der Waals surface area contributed by atoms with Gasteiger partial charge in [-0.25, -0.2) is 4.79 Å². The second-order valence-electron chi connectivity index (χ2n) is 5.39. The van der Waals surface area contributed by atoms with Crippen molar-refractivity contribution in [2.45, 2.75) is 13.8 Å². The molecule has 0 saturated carbocycles. The number of hydrogen-bond donors (Lipinski definition) is 1. The number of carbonyl (C=O) groups is 1. The molecule has 1 N–H and O–H groups in total. The van der Waals surface area contributed by atoms with Crippen molar-refractivity contribution in [1.29, 1.82) is 0 Å². The Morgan fingerprint density at radius 3 is 2.28 bits per heavy atom. The third-order valence-corrected chi connectivity index (χ3v) is 3.73. The minimum atomic E-state index is -1.00. The topological polar surface area (TPSA) is 65.0 Å². The van der Waals surface area contributed by atoms with Crippen molar-refractivity contribution < 1.29 is 24.1 Å². The van der Waals surface area contributed by atoms with Crippen molar-refractivity contribution in [3.63, 3.8) is 0 Å². The second-order valence-corrected chi connectivity index (χ2v) is 5.39. The summed E-state index contributed by atoms with van der Waals surface area (Å²) >= 11 is 0. The van der Waals surface area contributed by atoms with Crippen LogP contribution in [0.5, 0.6) is 17.2 Å². The summed E-state index contributed by atoms with van der Waals surface area (Å²) in [5.74, 6) is 0.887. The highest BCUT2D eigenvalue weighted by Crippen LogP contribution is 2.30. The van der Waals surface area contributed by atoms with Crippen LogP contribution in [0.3, 0.4) is 0 Å². The highest BCUT2D eigenvalue weighted by Gasteiger charge is 2.13. The van der Waals surface area contributed by atoms with Crippen molar-refractivity contribution in [1.82, 2.24) is 0 Å². The molecule has 0 aliphatic rings. The van der Waals surface area contributed by atoms with Crippen molar-refractivity contribution in [3.05, 3.63) is 53.1 Å². The van der Waals surface area contributed by atoms with Crippen LogP contribution in [-0.4, -0.2) is 31.9 Å². The Hall–Kier alpha value is -2.95. The van der Waals surface area contributed by atoms with E-state index in [9.17, 15) is 9.90 Å². The molecule has 0 amide bonds. The number of rotatable bonds is 7. The van der Waals surface area contributed by atoms with E-state index in [0.717, 1.165) is 11.3 Å². The number of ether oxygens (including phenoxy) is 3. The summed E-state index contributed by atoms with van der Waals surface area (Å²) in [5.41, 5.74) is 2.40. The van der Waals surface area contributed by atoms with Gasteiger partial charge in [0.25, 0.3) is 0 Å². The van der Waals surface area contributed by atoms with Crippen molar-refractivity contribution in [2.75, 3.05) is 20.8 Å². The monoisotopic (exact) mass is 342 g/mol. The number of aryl methyl sites for hydroxylation is 1. The molecule has 0 radical (unpaired) electrons. The molecule has 25 heavy (non-hydrogen) atoms. The zero-order chi connectivity index (χ0) is 18.4. The van der Waals surface area contributed by atoms with Crippen LogP contribution in [-0.2, 0) is 4.79 Å². The number of carboxylic acids is 1. The molecule has 0 spiro atoms. The third kappa shape index (κ3) is 4.32. The maximum absolute atomic E-state index is 11.7. The zero-order valence-electron chi connectivity index (χ0n) is 14.8. The van der Waals surface area contributed by atoms with Gasteiger partial charge >= 0.3 is 5.97 Å². The van der Waals surface area contributed by atoms with E-state index in [1.165, 1.54) is 0 Å². The predicted octanol–water partition coefficient (Wildman–Crippen LogP) is 4.04. The number of aliphatic carboxylic acids is 1. The van der Waals surface area contributed by atoms with Gasteiger partial charge in [-0.05, 0) is 60.9 Å². The molecule has 0 aliphatic carbocycles. The van der Waals surface area contributed by atoms with Crippen molar-refractivity contribution in [2.24, 2.45) is 0 Å². The van der Waals surface area contributed by atoms with E-state index in [2.05, 4.69) is 0 Å². The quantitative estimate of drug-likeness (QED) is 0.608. The van der Waals surface area contributed by atoms with E-state index in [4.69, 9.17) is 14.2 Å². The maximum atomic E-state index is 11.7. The Kier molecular flexibility index (Phi) is 6.06. The minimum Gasteiger partial charge on any atom is -0.494 e. The molecule has 0 heterocycles. The fourth-order valence-electron chi connectivity index (χ4n) is 2.51. The molecule has 0 aromatic heterocycles. The molecule has 5 heteroatoms. The maximum Gasteiger partial charge on any atom is 0.336 e. The molecule has 0 atom stereocenters. The summed E-state index contributed by atoms with van der Waals surface area (Å²) in [6.07, 6.45) is 1.61. The predicted molar refractivity (Wildman–Crippen MR) is 97.4 cm³/mol. The first-order valence-corrected chi connectivity index (χ1v) is 7.91. The molecule has 2 aromatic carbocycles. The Morgan fingerprint density at radius 1 is 1.04 bits per heavy atom. The summed E-state index contributed by atoms with van der Waals surface area (Å²) in [7, 11) is 3.10. The molecule has 5 nitrogen and oxygen atoms in total. The Balaban J connectivity index is 2.46. The lowest BCUT2D eigenvalue weighted by Crippen LogP contribution is -2.01. The molecule has 0 unspecified atom stereocenters. The molecule has 132 valence electrons. The fourth-order valence-corrected chi connectivity index (χ4v) is 2.51. The lowest BCUT2D eigenvalue weighted by atomic mass is 10.0. The summed E-state index contributed by atoms with van der Waals surface area (Å²) < 4.78 is 16.0. The first kappa shape index (κ1) is 18.4. The van der Waals surface area contributed by atoms with Gasteiger partial charge in [-0.1, -0.05) is 12.1 Å². The van der Waals surface area contributed by atoms with Crippen LogP contribution in [0.15, 0.2) is 36.4 Å². The largest absolute Gasteiger partial charge is 0.494 e. The highest BCUT2D eigenvalue weighted by molar-refractivity contribution is 6.20. The van der Waals surface area contributed by atoms with Crippen LogP contribution in [0.1, 0.15) is 23.6 Å². The average Bonchev–Trinajstić information content (AvgIpc) is 2.61. The Bertz CT molecular complexity index is 793. The van der Waals surface area contributed by atoms with Crippen molar-refractivity contribution >= 4 is 17.6 Å². The van der Waals surface area contributed by atoms with Crippen molar-refractivity contribution in [3.8, 4) is 17.2 Å². The molecule has 0 aliphatic heterocycles. The van der Waals surface area contributed by atoms with E-state index in [1.54, 1.807) is 50.6 Å². The summed E-state index contributed by atoms with van der Waals surface area (Å²) in [4.78, 5) is 11.7. The fraction of sp³-hybridized carbons (Fsp3) is 0.250.